The summed E-state index contributed by atoms with van der Waals surface area (Å²) >= 11 is 1.33. The molecule has 0 aliphatic heterocycles. The molecule has 0 unspecified atom stereocenters. The van der Waals surface area contributed by atoms with Crippen molar-refractivity contribution in [2.24, 2.45) is 0 Å². The van der Waals surface area contributed by atoms with Crippen LogP contribution in [-0.2, 0) is 21.0 Å². The lowest BCUT2D eigenvalue weighted by atomic mass is 9.95. The fraction of sp³-hybridized carbons (Fsp3) is 0.462. The summed E-state index contributed by atoms with van der Waals surface area (Å²) in [5.74, 6) is 0.308. The van der Waals surface area contributed by atoms with Crippen molar-refractivity contribution in [3.63, 3.8) is 0 Å². The van der Waals surface area contributed by atoms with Crippen LogP contribution in [0, 0.1) is 5.82 Å². The van der Waals surface area contributed by atoms with E-state index < -0.39 is 8.07 Å². The maximum atomic E-state index is 14.6. The van der Waals surface area contributed by atoms with Crippen LogP contribution in [0.15, 0.2) is 41.8 Å². The first-order valence-corrected chi connectivity index (χ1v) is 16.9. The quantitative estimate of drug-likeness (QED) is 0.106. The summed E-state index contributed by atoms with van der Waals surface area (Å²) in [6.07, 6.45) is 3.55. The summed E-state index contributed by atoms with van der Waals surface area (Å²) in [5, 5.41) is 5.00. The molecule has 0 atom stereocenters. The van der Waals surface area contributed by atoms with Gasteiger partial charge in [0.25, 0.3) is 0 Å². The maximum Gasteiger partial charge on any atom is 0.323 e. The SMILES string of the molecule is COC(=O)CCSc1nc(Oc2c(-c3ccncc3)cc(F)cc2C(C)C)n(COCC[Si](C)(C)C)n1. The summed E-state index contributed by atoms with van der Waals surface area (Å²) in [6, 6.07) is 7.81. The van der Waals surface area contributed by atoms with Gasteiger partial charge in [-0.15, -0.1) is 5.10 Å². The van der Waals surface area contributed by atoms with Gasteiger partial charge in [0.2, 0.25) is 5.16 Å². The molecule has 0 radical (unpaired) electrons. The van der Waals surface area contributed by atoms with Gasteiger partial charge in [-0.05, 0) is 41.8 Å². The van der Waals surface area contributed by atoms with E-state index in [1.54, 1.807) is 17.1 Å². The van der Waals surface area contributed by atoms with E-state index >= 15 is 0 Å². The zero-order chi connectivity index (χ0) is 27.0. The minimum absolute atomic E-state index is 0.00967. The second kappa shape index (κ2) is 13.2. The molecule has 2 aromatic heterocycles. The van der Waals surface area contributed by atoms with Gasteiger partial charge in [0.05, 0.1) is 13.5 Å². The molecule has 0 saturated carbocycles. The van der Waals surface area contributed by atoms with Gasteiger partial charge in [-0.1, -0.05) is 45.3 Å². The Bertz CT molecular complexity index is 1190. The van der Waals surface area contributed by atoms with Crippen molar-refractivity contribution in [1.82, 2.24) is 19.7 Å². The predicted molar refractivity (Wildman–Crippen MR) is 145 cm³/mol. The molecule has 37 heavy (non-hydrogen) atoms. The molecule has 0 amide bonds. The van der Waals surface area contributed by atoms with Crippen LogP contribution >= 0.6 is 11.8 Å². The second-order valence-corrected chi connectivity index (χ2v) is 16.7. The van der Waals surface area contributed by atoms with Gasteiger partial charge >= 0.3 is 12.0 Å². The first-order chi connectivity index (χ1) is 17.6. The lowest BCUT2D eigenvalue weighted by Gasteiger charge is -2.18. The van der Waals surface area contributed by atoms with Crippen LogP contribution in [0.5, 0.6) is 11.8 Å². The summed E-state index contributed by atoms with van der Waals surface area (Å²) in [6.45, 7) is 11.6. The monoisotopic (exact) mass is 546 g/mol. The lowest BCUT2D eigenvalue weighted by Crippen LogP contribution is -2.22. The van der Waals surface area contributed by atoms with Crippen LogP contribution in [-0.4, -0.2) is 53.3 Å². The molecular weight excluding hydrogens is 511 g/mol. The number of hydrogen-bond donors (Lipinski definition) is 0. The molecule has 3 aromatic rings. The van der Waals surface area contributed by atoms with Gasteiger partial charge in [0.15, 0.2) is 0 Å². The highest BCUT2D eigenvalue weighted by molar-refractivity contribution is 7.99. The van der Waals surface area contributed by atoms with Crippen molar-refractivity contribution in [3.05, 3.63) is 48.0 Å². The molecule has 0 aliphatic rings. The summed E-state index contributed by atoms with van der Waals surface area (Å²) in [5.41, 5.74) is 2.08. The summed E-state index contributed by atoms with van der Waals surface area (Å²) in [4.78, 5) is 20.2. The largest absolute Gasteiger partial charge is 0.469 e. The van der Waals surface area contributed by atoms with Crippen molar-refractivity contribution in [1.29, 1.82) is 0 Å². The zero-order valence-electron chi connectivity index (χ0n) is 22.3. The third-order valence-corrected chi connectivity index (χ3v) is 8.03. The Morgan fingerprint density at radius 2 is 1.92 bits per heavy atom. The van der Waals surface area contributed by atoms with E-state index in [0.29, 0.717) is 34.4 Å². The van der Waals surface area contributed by atoms with E-state index in [1.165, 1.54) is 31.0 Å². The number of pyridine rings is 1. The van der Waals surface area contributed by atoms with E-state index in [0.717, 1.165) is 11.6 Å². The minimum Gasteiger partial charge on any atom is -0.469 e. The predicted octanol–water partition coefficient (Wildman–Crippen LogP) is 6.36. The number of aromatic nitrogens is 4. The zero-order valence-corrected chi connectivity index (χ0v) is 24.1. The topological polar surface area (TPSA) is 88.4 Å². The molecule has 8 nitrogen and oxygen atoms in total. The van der Waals surface area contributed by atoms with Crippen LogP contribution in [0.2, 0.25) is 25.7 Å². The summed E-state index contributed by atoms with van der Waals surface area (Å²) < 4.78 is 33.2. The average Bonchev–Trinajstić information content (AvgIpc) is 3.23. The number of thioether (sulfide) groups is 1. The number of methoxy groups -OCH3 is 1. The molecular formula is C26H35FN4O4SSi. The first-order valence-electron chi connectivity index (χ1n) is 12.2. The molecule has 200 valence electrons. The fourth-order valence-corrected chi connectivity index (χ4v) is 4.89. The van der Waals surface area contributed by atoms with E-state index in [4.69, 9.17) is 14.2 Å². The third-order valence-electron chi connectivity index (χ3n) is 5.48. The lowest BCUT2D eigenvalue weighted by molar-refractivity contribution is -0.140. The van der Waals surface area contributed by atoms with Crippen molar-refractivity contribution < 1.29 is 23.4 Å². The van der Waals surface area contributed by atoms with Crippen LogP contribution < -0.4 is 4.74 Å². The molecule has 2 heterocycles. The Labute approximate surface area is 223 Å². The molecule has 0 bridgehead atoms. The number of esters is 1. The highest BCUT2D eigenvalue weighted by Gasteiger charge is 2.22. The van der Waals surface area contributed by atoms with Gasteiger partial charge in [-0.2, -0.15) is 9.67 Å². The van der Waals surface area contributed by atoms with E-state index in [-0.39, 0.29) is 36.9 Å². The van der Waals surface area contributed by atoms with E-state index in [1.807, 2.05) is 26.0 Å². The molecule has 0 N–H and O–H groups in total. The molecule has 0 spiro atoms. The number of ether oxygens (including phenoxy) is 3. The molecule has 1 aromatic carbocycles. The first kappa shape index (κ1) is 28.8. The molecule has 0 saturated heterocycles. The number of halogens is 1. The smallest absolute Gasteiger partial charge is 0.323 e. The van der Waals surface area contributed by atoms with Crippen LogP contribution in [0.25, 0.3) is 11.1 Å². The number of rotatable bonds is 13. The van der Waals surface area contributed by atoms with Crippen LogP contribution in [0.4, 0.5) is 4.39 Å². The Hall–Kier alpha value is -2.76. The average molecular weight is 547 g/mol. The second-order valence-electron chi connectivity index (χ2n) is 10.1. The van der Waals surface area contributed by atoms with Crippen molar-refractivity contribution in [3.8, 4) is 22.9 Å². The Morgan fingerprint density at radius 1 is 1.19 bits per heavy atom. The van der Waals surface area contributed by atoms with Crippen molar-refractivity contribution >= 4 is 25.8 Å². The van der Waals surface area contributed by atoms with E-state index in [2.05, 4.69) is 34.7 Å². The normalized spacial score (nSPS) is 11.7. The Morgan fingerprint density at radius 3 is 2.57 bits per heavy atom. The third kappa shape index (κ3) is 8.65. The standard InChI is InChI=1S/C26H35FN4O4SSi/c1-18(2)21-15-20(27)16-22(19-7-10-28-11-8-19)24(21)35-26-29-25(36-13-9-23(32)33-3)30-31(26)17-34-12-14-37(4,5)6/h7-8,10-11,15-16,18H,9,12-14,17H2,1-6H3. The number of benzene rings is 1. The van der Waals surface area contributed by atoms with Crippen LogP contribution in [0.1, 0.15) is 31.7 Å². The molecule has 0 fully saturated rings. The van der Waals surface area contributed by atoms with Crippen LogP contribution in [0.3, 0.4) is 0 Å². The van der Waals surface area contributed by atoms with E-state index in [9.17, 15) is 9.18 Å². The summed E-state index contributed by atoms with van der Waals surface area (Å²) in [7, 11) is 0.103. The van der Waals surface area contributed by atoms with Crippen molar-refractivity contribution in [2.75, 3.05) is 19.5 Å². The van der Waals surface area contributed by atoms with Gasteiger partial charge in [0.1, 0.15) is 18.3 Å². The molecule has 3 rings (SSSR count). The number of carbonyl (C=O) groups is 1. The van der Waals surface area contributed by atoms with Gasteiger partial charge < -0.3 is 14.2 Å². The number of nitrogens with zero attached hydrogens (tertiary/aromatic N) is 4. The minimum atomic E-state index is -1.26. The van der Waals surface area contributed by atoms with Gasteiger partial charge in [0, 0.05) is 44.0 Å². The van der Waals surface area contributed by atoms with Crippen molar-refractivity contribution in [2.45, 2.75) is 63.8 Å². The highest BCUT2D eigenvalue weighted by atomic mass is 32.2. The van der Waals surface area contributed by atoms with Gasteiger partial charge in [-0.3, -0.25) is 9.78 Å². The maximum absolute atomic E-state index is 14.6. The number of carbonyl (C=O) groups excluding carboxylic acids is 1. The molecule has 0 aliphatic carbocycles. The Balaban J connectivity index is 1.95. The van der Waals surface area contributed by atoms with Gasteiger partial charge in [-0.25, -0.2) is 4.39 Å². The highest BCUT2D eigenvalue weighted by Crippen LogP contribution is 2.40. The Kier molecular flexibility index (Phi) is 10.2. The number of hydrogen-bond acceptors (Lipinski definition) is 8. The molecule has 11 heteroatoms. The fourth-order valence-electron chi connectivity index (χ4n) is 3.38.